The molecule has 1 unspecified atom stereocenters. The van der Waals surface area contributed by atoms with Gasteiger partial charge in [-0.05, 0) is 22.9 Å². The van der Waals surface area contributed by atoms with E-state index in [4.69, 9.17) is 0 Å². The normalized spacial score (nSPS) is 16.5. The van der Waals surface area contributed by atoms with Crippen LogP contribution in [0.5, 0.6) is 0 Å². The Balaban J connectivity index is 1.68. The molecule has 0 aromatic carbocycles. The van der Waals surface area contributed by atoms with E-state index in [1.807, 2.05) is 6.07 Å². The van der Waals surface area contributed by atoms with Crippen molar-refractivity contribution in [2.45, 2.75) is 24.3 Å². The molecular formula is C16H21N2O8PS3. The molecule has 10 nitrogen and oxygen atoms in total. The van der Waals surface area contributed by atoms with Crippen LogP contribution in [0.3, 0.4) is 0 Å². The third kappa shape index (κ3) is 8.76. The number of hydroxylamine groups is 2. The van der Waals surface area contributed by atoms with E-state index in [2.05, 4.69) is 9.82 Å². The van der Waals surface area contributed by atoms with E-state index in [-0.39, 0.29) is 18.6 Å². The fourth-order valence-corrected chi connectivity index (χ4v) is 8.69. The van der Waals surface area contributed by atoms with Crippen LogP contribution >= 0.6 is 29.0 Å². The molecule has 1 aliphatic heterocycles. The van der Waals surface area contributed by atoms with E-state index >= 15 is 0 Å². The number of nitrogens with zero attached hydrogens (tertiary/aromatic N) is 2. The lowest BCUT2D eigenvalue weighted by molar-refractivity contribution is -0.197. The highest BCUT2D eigenvalue weighted by atomic mass is 33.1. The van der Waals surface area contributed by atoms with Crippen LogP contribution in [0.1, 0.15) is 19.3 Å². The first-order valence-corrected chi connectivity index (χ1v) is 15.0. The maximum atomic E-state index is 12.2. The third-order valence-electron chi connectivity index (χ3n) is 3.88. The number of carbonyl (C=O) groups is 3. The van der Waals surface area contributed by atoms with Gasteiger partial charge in [0.2, 0.25) is 7.37 Å². The molecular weight excluding hydrogens is 475 g/mol. The summed E-state index contributed by atoms with van der Waals surface area (Å²) in [5.74, 6) is -2.63. The summed E-state index contributed by atoms with van der Waals surface area (Å²) < 4.78 is 36.3. The third-order valence-corrected chi connectivity index (χ3v) is 10.2. The second-order valence-corrected chi connectivity index (χ2v) is 13.6. The van der Waals surface area contributed by atoms with Crippen LogP contribution in [0.25, 0.3) is 0 Å². The van der Waals surface area contributed by atoms with Gasteiger partial charge in [-0.25, -0.2) is 18.2 Å². The van der Waals surface area contributed by atoms with Gasteiger partial charge in [-0.1, -0.05) is 16.9 Å². The first kappa shape index (κ1) is 24.9. The molecule has 1 saturated heterocycles. The summed E-state index contributed by atoms with van der Waals surface area (Å²) in [6.45, 7) is 0. The number of imide groups is 1. The van der Waals surface area contributed by atoms with E-state index < -0.39 is 59.5 Å². The van der Waals surface area contributed by atoms with Crippen LogP contribution in [-0.4, -0.2) is 70.7 Å². The predicted octanol–water partition coefficient (Wildman–Crippen LogP) is 1.50. The number of amides is 2. The van der Waals surface area contributed by atoms with Crippen molar-refractivity contribution in [1.82, 2.24) is 10.0 Å². The molecule has 0 radical (unpaired) electrons. The Labute approximate surface area is 181 Å². The van der Waals surface area contributed by atoms with E-state index in [0.717, 1.165) is 5.03 Å². The zero-order valence-corrected chi connectivity index (χ0v) is 19.2. The average Bonchev–Trinajstić information content (AvgIpc) is 3.01. The average molecular weight is 497 g/mol. The van der Waals surface area contributed by atoms with Gasteiger partial charge in [-0.2, -0.15) is 0 Å². The zero-order valence-electron chi connectivity index (χ0n) is 15.8. The first-order valence-electron chi connectivity index (χ1n) is 8.86. The van der Waals surface area contributed by atoms with Gasteiger partial charge in [0, 0.05) is 37.1 Å². The summed E-state index contributed by atoms with van der Waals surface area (Å²) in [6, 6.07) is 5.40. The van der Waals surface area contributed by atoms with Crippen molar-refractivity contribution in [3.63, 3.8) is 0 Å². The summed E-state index contributed by atoms with van der Waals surface area (Å²) in [5.41, 5.74) is 0. The fourth-order valence-electron chi connectivity index (χ4n) is 2.23. The van der Waals surface area contributed by atoms with Crippen molar-refractivity contribution < 1.29 is 37.1 Å². The van der Waals surface area contributed by atoms with Gasteiger partial charge in [0.05, 0.1) is 17.9 Å². The van der Waals surface area contributed by atoms with Gasteiger partial charge >= 0.3 is 5.97 Å². The molecule has 0 aliphatic carbocycles. The highest BCUT2D eigenvalue weighted by Crippen LogP contribution is 2.41. The van der Waals surface area contributed by atoms with Crippen LogP contribution in [0.2, 0.25) is 0 Å². The number of aromatic nitrogens is 1. The molecule has 0 spiro atoms. The van der Waals surface area contributed by atoms with Crippen molar-refractivity contribution in [1.29, 1.82) is 0 Å². The van der Waals surface area contributed by atoms with Gasteiger partial charge in [-0.3, -0.25) is 14.2 Å². The van der Waals surface area contributed by atoms with Gasteiger partial charge in [0.25, 0.3) is 11.8 Å². The molecule has 0 saturated carbocycles. The Morgan fingerprint density at radius 1 is 1.20 bits per heavy atom. The lowest BCUT2D eigenvalue weighted by Crippen LogP contribution is -2.32. The highest BCUT2D eigenvalue weighted by Gasteiger charge is 2.33. The van der Waals surface area contributed by atoms with Crippen LogP contribution in [0.4, 0.5) is 0 Å². The standard InChI is InChI=1S/C16H21N2O8PS3/c19-14-4-5-15(20)18(14)26-16(21)6-8-27(22,23)9-11-30(24,25)12-10-28-29-13-3-1-2-7-17-13/h1-3,7H,4-6,8-12H2,(H,22,23). The molecule has 30 heavy (non-hydrogen) atoms. The number of carbonyl (C=O) groups excluding carboxylic acids is 3. The maximum Gasteiger partial charge on any atom is 0.333 e. The van der Waals surface area contributed by atoms with E-state index in [0.29, 0.717) is 10.8 Å². The monoisotopic (exact) mass is 496 g/mol. The minimum absolute atomic E-state index is 0.0544. The van der Waals surface area contributed by atoms with E-state index in [9.17, 15) is 32.3 Å². The summed E-state index contributed by atoms with van der Waals surface area (Å²) in [5, 5.41) is 1.11. The van der Waals surface area contributed by atoms with Gasteiger partial charge in [0.1, 0.15) is 5.03 Å². The Kier molecular flexibility index (Phi) is 9.35. The van der Waals surface area contributed by atoms with Crippen molar-refractivity contribution in [2.24, 2.45) is 0 Å². The number of rotatable bonds is 12. The fraction of sp³-hybridized carbons (Fsp3) is 0.500. The summed E-state index contributed by atoms with van der Waals surface area (Å²) in [6.07, 6.45) is 0.0306. The molecule has 1 aliphatic rings. The molecule has 1 aromatic heterocycles. The Hall–Kier alpha value is -1.40. The van der Waals surface area contributed by atoms with Gasteiger partial charge < -0.3 is 9.73 Å². The molecule has 2 amide bonds. The lowest BCUT2D eigenvalue weighted by Gasteiger charge is -2.14. The lowest BCUT2D eigenvalue weighted by atomic mass is 10.4. The number of hydrogen-bond donors (Lipinski definition) is 1. The molecule has 2 rings (SSSR count). The van der Waals surface area contributed by atoms with Crippen LogP contribution in [0.15, 0.2) is 29.4 Å². The second-order valence-electron chi connectivity index (χ2n) is 6.31. The molecule has 14 heteroatoms. The van der Waals surface area contributed by atoms with Crippen molar-refractivity contribution in [3.05, 3.63) is 24.4 Å². The van der Waals surface area contributed by atoms with Crippen LogP contribution in [-0.2, 0) is 33.6 Å². The summed E-state index contributed by atoms with van der Waals surface area (Å²) in [4.78, 5) is 53.1. The summed E-state index contributed by atoms with van der Waals surface area (Å²) in [7, 11) is -4.78. The van der Waals surface area contributed by atoms with Gasteiger partial charge in [0.15, 0.2) is 9.84 Å². The Morgan fingerprint density at radius 2 is 1.90 bits per heavy atom. The molecule has 1 aromatic rings. The van der Waals surface area contributed by atoms with Crippen molar-refractivity contribution >= 4 is 56.6 Å². The smallest absolute Gasteiger partial charge is 0.333 e. The second kappa shape index (κ2) is 11.3. The van der Waals surface area contributed by atoms with Gasteiger partial charge in [-0.15, -0.1) is 5.06 Å². The molecule has 1 N–H and O–H groups in total. The van der Waals surface area contributed by atoms with Crippen molar-refractivity contribution in [2.75, 3.05) is 29.6 Å². The molecule has 166 valence electrons. The molecule has 2 heterocycles. The largest absolute Gasteiger partial charge is 0.344 e. The van der Waals surface area contributed by atoms with E-state index in [1.165, 1.54) is 21.6 Å². The number of sulfone groups is 1. The topological polar surface area (TPSA) is 148 Å². The molecule has 1 fully saturated rings. The number of pyridine rings is 1. The Morgan fingerprint density at radius 3 is 2.53 bits per heavy atom. The van der Waals surface area contributed by atoms with Crippen LogP contribution < -0.4 is 0 Å². The minimum Gasteiger partial charge on any atom is -0.344 e. The van der Waals surface area contributed by atoms with E-state index in [1.54, 1.807) is 18.3 Å². The molecule has 0 bridgehead atoms. The zero-order chi connectivity index (χ0) is 22.2. The van der Waals surface area contributed by atoms with Crippen molar-refractivity contribution in [3.8, 4) is 0 Å². The predicted molar refractivity (Wildman–Crippen MR) is 113 cm³/mol. The van der Waals surface area contributed by atoms with Crippen LogP contribution in [0, 0.1) is 0 Å². The highest BCUT2D eigenvalue weighted by molar-refractivity contribution is 8.76. The quantitative estimate of drug-likeness (QED) is 0.194. The summed E-state index contributed by atoms with van der Waals surface area (Å²) >= 11 is 0. The maximum absolute atomic E-state index is 12.2. The minimum atomic E-state index is -3.90. The number of hydrogen-bond acceptors (Lipinski definition) is 10. The SMILES string of the molecule is O=C(CCP(=O)(O)CCS(=O)(=O)CCSSc1ccccn1)ON1C(=O)CCC1=O. The Bertz CT molecular complexity index is 910. The molecule has 1 atom stereocenters. The first-order chi connectivity index (χ1) is 14.1.